The average molecular weight is 338 g/mol. The highest BCUT2D eigenvalue weighted by Crippen LogP contribution is 2.25. The molecule has 1 fully saturated rings. The summed E-state index contributed by atoms with van der Waals surface area (Å²) >= 11 is 5.57. The molecule has 0 unspecified atom stereocenters. The summed E-state index contributed by atoms with van der Waals surface area (Å²) in [6, 6.07) is 5.04. The largest absolute Gasteiger partial charge is 0.368 e. The zero-order valence-electron chi connectivity index (χ0n) is 12.7. The quantitative estimate of drug-likeness (QED) is 0.797. The van der Waals surface area contributed by atoms with Crippen LogP contribution in [0.4, 0.5) is 10.1 Å². The number of carbonyl (C=O) groups is 1. The third kappa shape index (κ3) is 3.29. The van der Waals surface area contributed by atoms with Crippen molar-refractivity contribution >= 4 is 23.2 Å². The molecule has 0 N–H and O–H groups in total. The predicted octanol–water partition coefficient (Wildman–Crippen LogP) is 1.51. The lowest BCUT2D eigenvalue weighted by atomic mass is 10.1. The zero-order valence-corrected chi connectivity index (χ0v) is 13.5. The lowest BCUT2D eigenvalue weighted by Crippen LogP contribution is -2.49. The van der Waals surface area contributed by atoms with Crippen LogP contribution in [0.3, 0.4) is 0 Å². The highest BCUT2D eigenvalue weighted by Gasteiger charge is 2.21. The van der Waals surface area contributed by atoms with E-state index in [0.29, 0.717) is 37.6 Å². The number of hydrogen-bond donors (Lipinski definition) is 0. The maximum atomic E-state index is 14.4. The minimum Gasteiger partial charge on any atom is -0.368 e. The Bertz CT molecular complexity index is 712. The van der Waals surface area contributed by atoms with Crippen molar-refractivity contribution < 1.29 is 9.18 Å². The number of aromatic nitrogens is 3. The van der Waals surface area contributed by atoms with Gasteiger partial charge in [-0.2, -0.15) is 5.10 Å². The first-order chi connectivity index (χ1) is 11.1. The van der Waals surface area contributed by atoms with Gasteiger partial charge in [0.2, 0.25) is 5.91 Å². The van der Waals surface area contributed by atoms with E-state index in [0.717, 1.165) is 5.69 Å². The SMILES string of the molecule is Cn1cnc(-c2ccc(N3CCN(C(=O)CCl)CC3)cc2F)n1. The number of aryl methyl sites for hydroxylation is 1. The monoisotopic (exact) mass is 337 g/mol. The molecule has 0 bridgehead atoms. The van der Waals surface area contributed by atoms with E-state index in [1.807, 2.05) is 6.07 Å². The van der Waals surface area contributed by atoms with E-state index in [4.69, 9.17) is 11.6 Å². The fraction of sp³-hybridized carbons (Fsp3) is 0.400. The van der Waals surface area contributed by atoms with Gasteiger partial charge in [0.05, 0.1) is 5.56 Å². The number of nitrogens with zero attached hydrogens (tertiary/aromatic N) is 5. The van der Waals surface area contributed by atoms with Gasteiger partial charge in [-0.15, -0.1) is 11.6 Å². The molecule has 0 spiro atoms. The third-order valence-corrected chi connectivity index (χ3v) is 4.13. The van der Waals surface area contributed by atoms with Crippen LogP contribution in [0, 0.1) is 5.82 Å². The van der Waals surface area contributed by atoms with Crippen molar-refractivity contribution in [2.75, 3.05) is 37.0 Å². The minimum absolute atomic E-state index is 0.000398. The molecule has 23 heavy (non-hydrogen) atoms. The minimum atomic E-state index is -0.354. The summed E-state index contributed by atoms with van der Waals surface area (Å²) in [4.78, 5) is 19.4. The molecular formula is C15H17ClFN5O. The average Bonchev–Trinajstić information content (AvgIpc) is 3.00. The van der Waals surface area contributed by atoms with E-state index in [1.54, 1.807) is 18.0 Å². The Kier molecular flexibility index (Phi) is 4.47. The van der Waals surface area contributed by atoms with E-state index in [9.17, 15) is 9.18 Å². The molecule has 1 amide bonds. The van der Waals surface area contributed by atoms with Gasteiger partial charge in [-0.1, -0.05) is 0 Å². The molecule has 2 heterocycles. The van der Waals surface area contributed by atoms with Crippen molar-refractivity contribution in [3.8, 4) is 11.4 Å². The van der Waals surface area contributed by atoms with Crippen molar-refractivity contribution in [3.05, 3.63) is 30.3 Å². The second-order valence-corrected chi connectivity index (χ2v) is 5.67. The summed E-state index contributed by atoms with van der Waals surface area (Å²) in [7, 11) is 1.74. The summed E-state index contributed by atoms with van der Waals surface area (Å²) < 4.78 is 15.9. The molecule has 0 atom stereocenters. The van der Waals surface area contributed by atoms with Crippen molar-refractivity contribution in [2.45, 2.75) is 0 Å². The van der Waals surface area contributed by atoms with Gasteiger partial charge in [0, 0.05) is 38.9 Å². The van der Waals surface area contributed by atoms with Crippen LogP contribution in [0.5, 0.6) is 0 Å². The fourth-order valence-corrected chi connectivity index (χ4v) is 2.81. The number of hydrogen-bond acceptors (Lipinski definition) is 4. The Morgan fingerprint density at radius 3 is 2.61 bits per heavy atom. The van der Waals surface area contributed by atoms with Gasteiger partial charge in [-0.25, -0.2) is 9.37 Å². The molecular weight excluding hydrogens is 321 g/mol. The molecule has 6 nitrogen and oxygen atoms in total. The molecule has 1 aromatic heterocycles. The summed E-state index contributed by atoms with van der Waals surface area (Å²) in [5.41, 5.74) is 1.17. The first-order valence-electron chi connectivity index (χ1n) is 7.32. The molecule has 0 aliphatic carbocycles. The number of amides is 1. The maximum Gasteiger partial charge on any atom is 0.237 e. The Labute approximate surface area is 138 Å². The molecule has 8 heteroatoms. The van der Waals surface area contributed by atoms with Crippen LogP contribution in [0.25, 0.3) is 11.4 Å². The molecule has 0 saturated carbocycles. The first-order valence-corrected chi connectivity index (χ1v) is 7.86. The number of benzene rings is 1. The Morgan fingerprint density at radius 2 is 2.04 bits per heavy atom. The van der Waals surface area contributed by atoms with Gasteiger partial charge in [0.15, 0.2) is 5.82 Å². The van der Waals surface area contributed by atoms with Crippen LogP contribution in [-0.4, -0.2) is 57.6 Å². The van der Waals surface area contributed by atoms with E-state index in [2.05, 4.69) is 15.0 Å². The molecule has 1 aromatic carbocycles. The topological polar surface area (TPSA) is 54.3 Å². The molecule has 0 radical (unpaired) electrons. The van der Waals surface area contributed by atoms with E-state index >= 15 is 0 Å². The first kappa shape index (κ1) is 15.7. The molecule has 1 aliphatic rings. The maximum absolute atomic E-state index is 14.4. The van der Waals surface area contributed by atoms with Crippen LogP contribution in [0.15, 0.2) is 24.5 Å². The van der Waals surface area contributed by atoms with Crippen molar-refractivity contribution in [3.63, 3.8) is 0 Å². The Hall–Kier alpha value is -2.15. The number of anilines is 1. The Balaban J connectivity index is 1.73. The summed E-state index contributed by atoms with van der Waals surface area (Å²) in [6.07, 6.45) is 1.54. The van der Waals surface area contributed by atoms with Crippen LogP contribution in [-0.2, 0) is 11.8 Å². The van der Waals surface area contributed by atoms with Crippen LogP contribution < -0.4 is 4.90 Å². The van der Waals surface area contributed by atoms with E-state index < -0.39 is 0 Å². The van der Waals surface area contributed by atoms with Crippen LogP contribution >= 0.6 is 11.6 Å². The Morgan fingerprint density at radius 1 is 1.30 bits per heavy atom. The van der Waals surface area contributed by atoms with Crippen molar-refractivity contribution in [1.29, 1.82) is 0 Å². The second kappa shape index (κ2) is 6.54. The third-order valence-electron chi connectivity index (χ3n) is 3.90. The van der Waals surface area contributed by atoms with Gasteiger partial charge < -0.3 is 9.80 Å². The van der Waals surface area contributed by atoms with E-state index in [1.165, 1.54) is 17.1 Å². The number of halogens is 2. The molecule has 2 aromatic rings. The number of alkyl halides is 1. The molecule has 122 valence electrons. The van der Waals surface area contributed by atoms with Gasteiger partial charge in [-0.05, 0) is 18.2 Å². The second-order valence-electron chi connectivity index (χ2n) is 5.41. The molecule has 1 aliphatic heterocycles. The van der Waals surface area contributed by atoms with Crippen LogP contribution in [0.1, 0.15) is 0 Å². The zero-order chi connectivity index (χ0) is 16.4. The highest BCUT2D eigenvalue weighted by atomic mass is 35.5. The normalized spacial score (nSPS) is 15.1. The number of carbonyl (C=O) groups excluding carboxylic acids is 1. The van der Waals surface area contributed by atoms with Gasteiger partial charge in [0.1, 0.15) is 18.0 Å². The lowest BCUT2D eigenvalue weighted by molar-refractivity contribution is -0.128. The smallest absolute Gasteiger partial charge is 0.237 e. The molecule has 3 rings (SSSR count). The summed E-state index contributed by atoms with van der Waals surface area (Å²) in [6.45, 7) is 2.50. The van der Waals surface area contributed by atoms with Crippen molar-refractivity contribution in [2.24, 2.45) is 7.05 Å². The number of piperazine rings is 1. The molecule has 1 saturated heterocycles. The summed E-state index contributed by atoms with van der Waals surface area (Å²) in [5, 5.41) is 4.12. The van der Waals surface area contributed by atoms with Crippen LogP contribution in [0.2, 0.25) is 0 Å². The van der Waals surface area contributed by atoms with Gasteiger partial charge >= 0.3 is 0 Å². The fourth-order valence-electron chi connectivity index (χ4n) is 2.64. The van der Waals surface area contributed by atoms with Crippen molar-refractivity contribution in [1.82, 2.24) is 19.7 Å². The standard InChI is InChI=1S/C15H17ClFN5O/c1-20-10-18-15(19-20)12-3-2-11(8-13(12)17)21-4-6-22(7-5-21)14(23)9-16/h2-3,8,10H,4-7,9H2,1H3. The lowest BCUT2D eigenvalue weighted by Gasteiger charge is -2.36. The van der Waals surface area contributed by atoms with E-state index in [-0.39, 0.29) is 17.6 Å². The van der Waals surface area contributed by atoms with Gasteiger partial charge in [0.25, 0.3) is 0 Å². The highest BCUT2D eigenvalue weighted by molar-refractivity contribution is 6.27. The predicted molar refractivity (Wildman–Crippen MR) is 85.9 cm³/mol. The number of rotatable bonds is 3. The van der Waals surface area contributed by atoms with Gasteiger partial charge in [-0.3, -0.25) is 9.48 Å². The summed E-state index contributed by atoms with van der Waals surface area (Å²) in [5.74, 6) is -0.0449.